The van der Waals surface area contributed by atoms with Crippen molar-refractivity contribution in [2.45, 2.75) is 114 Å². The third kappa shape index (κ3) is 6.73. The minimum atomic E-state index is -1.58. The van der Waals surface area contributed by atoms with Crippen molar-refractivity contribution in [3.8, 4) is 0 Å². The molecule has 2 saturated carbocycles. The lowest BCUT2D eigenvalue weighted by molar-refractivity contribution is -0.157. The number of hydrogen-bond donors (Lipinski definition) is 0. The summed E-state index contributed by atoms with van der Waals surface area (Å²) in [6.45, 7) is 3.21. The summed E-state index contributed by atoms with van der Waals surface area (Å²) in [4.78, 5) is 23.3. The molecule has 7 heteroatoms. The fourth-order valence-electron chi connectivity index (χ4n) is 4.94. The molecule has 0 saturated heterocycles. The van der Waals surface area contributed by atoms with Crippen molar-refractivity contribution < 1.29 is 32.2 Å². The minimum Gasteiger partial charge on any atom is -0.460 e. The van der Waals surface area contributed by atoms with E-state index in [1.807, 2.05) is 12.1 Å². The van der Waals surface area contributed by atoms with Crippen LogP contribution in [0.5, 0.6) is 0 Å². The number of ether oxygens (including phenoxy) is 2. The van der Waals surface area contributed by atoms with Gasteiger partial charge in [-0.25, -0.2) is 22.8 Å². The largest absolute Gasteiger partial charge is 0.460 e. The van der Waals surface area contributed by atoms with Gasteiger partial charge in [-0.05, 0) is 93.2 Å². The summed E-state index contributed by atoms with van der Waals surface area (Å²) in [6, 6.07) is 5.45. The molecule has 0 heterocycles. The van der Waals surface area contributed by atoms with E-state index in [-0.39, 0.29) is 42.7 Å². The molecule has 184 valence electrons. The first kappa shape index (κ1) is 25.6. The van der Waals surface area contributed by atoms with Gasteiger partial charge in [0.15, 0.2) is 12.3 Å². The van der Waals surface area contributed by atoms with Gasteiger partial charge in [-0.2, -0.15) is 0 Å². The quantitative estimate of drug-likeness (QED) is 0.411. The van der Waals surface area contributed by atoms with Crippen LogP contribution in [0.4, 0.5) is 13.2 Å². The molecule has 33 heavy (non-hydrogen) atoms. The Bertz CT molecular complexity index is 799. The molecule has 0 amide bonds. The number of carbonyl (C=O) groups is 2. The molecule has 0 spiro atoms. The Hall–Kier alpha value is -2.05. The predicted molar refractivity (Wildman–Crippen MR) is 119 cm³/mol. The topological polar surface area (TPSA) is 52.6 Å². The molecule has 0 aromatic heterocycles. The minimum absolute atomic E-state index is 0.0590. The second-order valence-corrected chi connectivity index (χ2v) is 9.35. The highest BCUT2D eigenvalue weighted by Crippen LogP contribution is 2.39. The number of esters is 2. The van der Waals surface area contributed by atoms with Gasteiger partial charge in [0, 0.05) is 0 Å². The number of halogens is 3. The fourth-order valence-corrected chi connectivity index (χ4v) is 4.94. The van der Waals surface area contributed by atoms with E-state index in [9.17, 15) is 22.8 Å². The van der Waals surface area contributed by atoms with Gasteiger partial charge in [-0.3, -0.25) is 0 Å². The van der Waals surface area contributed by atoms with Crippen molar-refractivity contribution in [1.82, 2.24) is 0 Å². The van der Waals surface area contributed by atoms with Gasteiger partial charge >= 0.3 is 11.9 Å². The summed E-state index contributed by atoms with van der Waals surface area (Å²) < 4.78 is 52.3. The summed E-state index contributed by atoms with van der Waals surface area (Å²) in [7, 11) is 0. The maximum atomic E-state index is 15.0. The molecular weight excluding hydrogens is 433 g/mol. The van der Waals surface area contributed by atoms with Crippen LogP contribution in [-0.4, -0.2) is 36.5 Å². The van der Waals surface area contributed by atoms with Gasteiger partial charge in [0.2, 0.25) is 0 Å². The summed E-state index contributed by atoms with van der Waals surface area (Å²) in [5, 5.41) is 0. The van der Waals surface area contributed by atoms with Crippen molar-refractivity contribution in [3.05, 3.63) is 35.1 Å². The number of hydrogen-bond acceptors (Lipinski definition) is 4. The Morgan fingerprint density at radius 2 is 1.27 bits per heavy atom. The molecule has 0 radical (unpaired) electrons. The zero-order valence-corrected chi connectivity index (χ0v) is 19.5. The first-order valence-electron chi connectivity index (χ1n) is 12.3. The van der Waals surface area contributed by atoms with E-state index in [0.717, 1.165) is 18.4 Å². The molecular formula is C26H35F3O4. The smallest absolute Gasteiger partial charge is 0.340 e. The Balaban J connectivity index is 1.50. The zero-order valence-electron chi connectivity index (χ0n) is 19.5. The van der Waals surface area contributed by atoms with E-state index in [2.05, 4.69) is 0 Å². The van der Waals surface area contributed by atoms with Crippen LogP contribution in [0.25, 0.3) is 0 Å². The first-order valence-corrected chi connectivity index (χ1v) is 12.3. The Labute approximate surface area is 194 Å². The van der Waals surface area contributed by atoms with Crippen LogP contribution in [0, 0.1) is 5.82 Å². The highest BCUT2D eigenvalue weighted by atomic mass is 19.1. The number of rotatable bonds is 8. The lowest BCUT2D eigenvalue weighted by atomic mass is 9.79. The molecule has 2 unspecified atom stereocenters. The third-order valence-electron chi connectivity index (χ3n) is 7.08. The number of benzene rings is 1. The highest BCUT2D eigenvalue weighted by Gasteiger charge is 2.30. The Morgan fingerprint density at radius 1 is 0.818 bits per heavy atom. The molecule has 2 aliphatic carbocycles. The van der Waals surface area contributed by atoms with E-state index < -0.39 is 24.3 Å². The van der Waals surface area contributed by atoms with Crippen LogP contribution in [-0.2, 0) is 19.1 Å². The Morgan fingerprint density at radius 3 is 1.70 bits per heavy atom. The molecule has 4 nitrogen and oxygen atoms in total. The molecule has 1 aromatic carbocycles. The number of carbonyl (C=O) groups excluding carboxylic acids is 2. The lowest BCUT2D eigenvalue weighted by Crippen LogP contribution is -2.28. The average Bonchev–Trinajstić information content (AvgIpc) is 2.83. The van der Waals surface area contributed by atoms with Crippen molar-refractivity contribution >= 4 is 11.9 Å². The molecule has 2 fully saturated rings. The van der Waals surface area contributed by atoms with E-state index in [1.165, 1.54) is 0 Å². The van der Waals surface area contributed by atoms with Crippen molar-refractivity contribution in [2.75, 3.05) is 0 Å². The second kappa shape index (κ2) is 11.9. The molecule has 0 bridgehead atoms. The molecule has 2 atom stereocenters. The average molecular weight is 469 g/mol. The van der Waals surface area contributed by atoms with Gasteiger partial charge in [-0.15, -0.1) is 0 Å². The lowest BCUT2D eigenvalue weighted by Gasteiger charge is -2.30. The van der Waals surface area contributed by atoms with Gasteiger partial charge in [-0.1, -0.05) is 26.0 Å². The van der Waals surface area contributed by atoms with Crippen LogP contribution >= 0.6 is 0 Å². The Kier molecular flexibility index (Phi) is 9.21. The van der Waals surface area contributed by atoms with Gasteiger partial charge in [0.1, 0.15) is 18.0 Å². The van der Waals surface area contributed by atoms with Crippen LogP contribution in [0.3, 0.4) is 0 Å². The van der Waals surface area contributed by atoms with Gasteiger partial charge in [0.25, 0.3) is 0 Å². The predicted octanol–water partition coefficient (Wildman–Crippen LogP) is 6.46. The fraction of sp³-hybridized carbons (Fsp3) is 0.692. The van der Waals surface area contributed by atoms with Crippen molar-refractivity contribution in [3.63, 3.8) is 0 Å². The standard InChI is InChI=1S/C26H35F3O4/c1-3-22(27)25(30)32-19-10-5-16(6-11-19)18-9-14-21(24(29)15-18)17-7-12-20(13-8-17)33-26(31)23(28)4-2/h9,14-17,19-20,22-23H,3-8,10-13H2,1-2H3. The molecule has 2 aliphatic rings. The van der Waals surface area contributed by atoms with E-state index in [4.69, 9.17) is 9.47 Å². The SMILES string of the molecule is CCC(F)C(=O)OC1CCC(c2ccc(C3CCC(OC(=O)C(F)CC)CC3)c(F)c2)CC1. The van der Waals surface area contributed by atoms with Crippen LogP contribution < -0.4 is 0 Å². The maximum absolute atomic E-state index is 15.0. The highest BCUT2D eigenvalue weighted by molar-refractivity contribution is 5.75. The van der Waals surface area contributed by atoms with Crippen molar-refractivity contribution in [2.24, 2.45) is 0 Å². The zero-order chi connectivity index (χ0) is 24.0. The molecule has 1 aromatic rings. The monoisotopic (exact) mass is 468 g/mol. The maximum Gasteiger partial charge on any atom is 0.340 e. The summed E-state index contributed by atoms with van der Waals surface area (Å²) in [6.07, 6.45) is 1.95. The summed E-state index contributed by atoms with van der Waals surface area (Å²) >= 11 is 0. The van der Waals surface area contributed by atoms with Crippen LogP contribution in [0.1, 0.15) is 101 Å². The molecule has 0 aliphatic heterocycles. The van der Waals surface area contributed by atoms with Crippen LogP contribution in [0.15, 0.2) is 18.2 Å². The third-order valence-corrected chi connectivity index (χ3v) is 7.08. The van der Waals surface area contributed by atoms with E-state index >= 15 is 0 Å². The summed E-state index contributed by atoms with van der Waals surface area (Å²) in [5.41, 5.74) is 1.62. The first-order chi connectivity index (χ1) is 15.8. The summed E-state index contributed by atoms with van der Waals surface area (Å²) in [5.74, 6) is -1.55. The second-order valence-electron chi connectivity index (χ2n) is 9.35. The molecule has 3 rings (SSSR count). The van der Waals surface area contributed by atoms with Gasteiger partial charge in [0.05, 0.1) is 0 Å². The van der Waals surface area contributed by atoms with Crippen molar-refractivity contribution in [1.29, 1.82) is 0 Å². The normalized spacial score (nSPS) is 27.4. The van der Waals surface area contributed by atoms with E-state index in [0.29, 0.717) is 44.1 Å². The molecule has 0 N–H and O–H groups in total. The van der Waals surface area contributed by atoms with Crippen LogP contribution in [0.2, 0.25) is 0 Å². The van der Waals surface area contributed by atoms with E-state index in [1.54, 1.807) is 19.9 Å². The number of alkyl halides is 2. The van der Waals surface area contributed by atoms with Gasteiger partial charge < -0.3 is 9.47 Å².